The molecule has 0 atom stereocenters. The van der Waals surface area contributed by atoms with Crippen LogP contribution in [0.2, 0.25) is 5.02 Å². The van der Waals surface area contributed by atoms with Gasteiger partial charge in [-0.05, 0) is 42.8 Å². The molecule has 0 aliphatic rings. The zero-order valence-electron chi connectivity index (χ0n) is 12.1. The number of rotatable bonds is 5. The second kappa shape index (κ2) is 6.81. The predicted molar refractivity (Wildman–Crippen MR) is 87.1 cm³/mol. The van der Waals surface area contributed by atoms with Crippen molar-refractivity contribution in [2.24, 2.45) is 5.10 Å². The lowest BCUT2D eigenvalue weighted by Gasteiger charge is -2.04. The maximum atomic E-state index is 12.0. The zero-order valence-corrected chi connectivity index (χ0v) is 13.6. The molecule has 0 amide bonds. The van der Waals surface area contributed by atoms with Crippen LogP contribution in [0.1, 0.15) is 11.1 Å². The summed E-state index contributed by atoms with van der Waals surface area (Å²) in [5, 5.41) is 4.17. The van der Waals surface area contributed by atoms with Crippen molar-refractivity contribution in [2.45, 2.75) is 11.8 Å². The lowest BCUT2D eigenvalue weighted by atomic mass is 10.2. The highest BCUT2D eigenvalue weighted by atomic mass is 35.5. The van der Waals surface area contributed by atoms with Crippen molar-refractivity contribution >= 4 is 27.8 Å². The van der Waals surface area contributed by atoms with Gasteiger partial charge in [-0.3, -0.25) is 0 Å². The van der Waals surface area contributed by atoms with Gasteiger partial charge in [-0.1, -0.05) is 29.3 Å². The molecule has 2 aromatic rings. The second-order valence-corrected chi connectivity index (χ2v) is 6.63. The van der Waals surface area contributed by atoms with Gasteiger partial charge in [0.05, 0.1) is 23.2 Å². The summed E-state index contributed by atoms with van der Waals surface area (Å²) in [6, 6.07) is 11.5. The normalized spacial score (nSPS) is 11.6. The van der Waals surface area contributed by atoms with E-state index in [1.165, 1.54) is 25.5 Å². The third kappa shape index (κ3) is 3.99. The molecule has 0 saturated carbocycles. The van der Waals surface area contributed by atoms with E-state index < -0.39 is 10.0 Å². The quantitative estimate of drug-likeness (QED) is 0.673. The third-order valence-electron chi connectivity index (χ3n) is 2.89. The number of hydrogen-bond acceptors (Lipinski definition) is 4. The highest BCUT2D eigenvalue weighted by molar-refractivity contribution is 7.89. The van der Waals surface area contributed by atoms with Crippen LogP contribution in [0.3, 0.4) is 0 Å². The summed E-state index contributed by atoms with van der Waals surface area (Å²) < 4.78 is 29.1. The first-order valence-electron chi connectivity index (χ1n) is 6.37. The van der Waals surface area contributed by atoms with Gasteiger partial charge in [0.1, 0.15) is 5.75 Å². The molecule has 0 bridgehead atoms. The molecule has 0 aliphatic carbocycles. The van der Waals surface area contributed by atoms with Gasteiger partial charge in [-0.2, -0.15) is 13.5 Å². The molecular formula is C15H15ClN2O3S. The maximum Gasteiger partial charge on any atom is 0.276 e. The van der Waals surface area contributed by atoms with Crippen LogP contribution in [0.4, 0.5) is 0 Å². The van der Waals surface area contributed by atoms with Crippen molar-refractivity contribution in [1.82, 2.24) is 4.83 Å². The Morgan fingerprint density at radius 1 is 1.18 bits per heavy atom. The number of nitrogens with one attached hydrogen (secondary N) is 1. The summed E-state index contributed by atoms with van der Waals surface area (Å²) in [6.45, 7) is 1.88. The average molecular weight is 339 g/mol. The van der Waals surface area contributed by atoms with E-state index in [2.05, 4.69) is 9.93 Å². The molecule has 5 nitrogen and oxygen atoms in total. The van der Waals surface area contributed by atoms with Crippen LogP contribution in [0.15, 0.2) is 52.5 Å². The van der Waals surface area contributed by atoms with Gasteiger partial charge < -0.3 is 4.74 Å². The van der Waals surface area contributed by atoms with Gasteiger partial charge in [-0.15, -0.1) is 0 Å². The number of aryl methyl sites for hydroxylation is 1. The topological polar surface area (TPSA) is 67.8 Å². The van der Waals surface area contributed by atoms with Crippen molar-refractivity contribution in [3.8, 4) is 5.75 Å². The van der Waals surface area contributed by atoms with Gasteiger partial charge in [0, 0.05) is 0 Å². The minimum atomic E-state index is -3.68. The fourth-order valence-corrected chi connectivity index (χ4v) is 2.76. The first-order chi connectivity index (χ1) is 10.4. The SMILES string of the molecule is COc1ccc(/C=N/NS(=O)(=O)c2ccc(C)cc2)cc1Cl. The van der Waals surface area contributed by atoms with Crippen LogP contribution in [0, 0.1) is 6.92 Å². The van der Waals surface area contributed by atoms with Crippen LogP contribution in [-0.2, 0) is 10.0 Å². The van der Waals surface area contributed by atoms with Crippen molar-refractivity contribution in [2.75, 3.05) is 7.11 Å². The molecule has 22 heavy (non-hydrogen) atoms. The van der Waals surface area contributed by atoms with E-state index in [1.807, 2.05) is 6.92 Å². The monoisotopic (exact) mass is 338 g/mol. The van der Waals surface area contributed by atoms with Gasteiger partial charge >= 0.3 is 0 Å². The molecule has 1 N–H and O–H groups in total. The largest absolute Gasteiger partial charge is 0.495 e. The van der Waals surface area contributed by atoms with Gasteiger partial charge in [0.25, 0.3) is 10.0 Å². The van der Waals surface area contributed by atoms with Crippen molar-refractivity contribution in [3.05, 3.63) is 58.6 Å². The Balaban J connectivity index is 2.11. The summed E-state index contributed by atoms with van der Waals surface area (Å²) >= 11 is 5.98. The second-order valence-electron chi connectivity index (χ2n) is 4.56. The Bertz CT molecular complexity index is 787. The number of benzene rings is 2. The molecule has 7 heteroatoms. The first kappa shape index (κ1) is 16.3. The van der Waals surface area contributed by atoms with E-state index in [4.69, 9.17) is 16.3 Å². The molecule has 0 spiro atoms. The van der Waals surface area contributed by atoms with Crippen molar-refractivity contribution < 1.29 is 13.2 Å². The summed E-state index contributed by atoms with van der Waals surface area (Å²) in [6.07, 6.45) is 1.37. The smallest absolute Gasteiger partial charge is 0.276 e. The predicted octanol–water partition coefficient (Wildman–Crippen LogP) is 2.97. The summed E-state index contributed by atoms with van der Waals surface area (Å²) in [7, 11) is -2.16. The zero-order chi connectivity index (χ0) is 16.2. The van der Waals surface area contributed by atoms with Crippen LogP contribution < -0.4 is 9.57 Å². The Labute approximate surface area is 134 Å². The Morgan fingerprint density at radius 2 is 1.86 bits per heavy atom. The lowest BCUT2D eigenvalue weighted by Crippen LogP contribution is -2.18. The summed E-state index contributed by atoms with van der Waals surface area (Å²) in [4.78, 5) is 2.31. The minimum absolute atomic E-state index is 0.156. The van der Waals surface area contributed by atoms with E-state index in [0.717, 1.165) is 5.56 Å². The number of hydrazone groups is 1. The number of hydrogen-bond donors (Lipinski definition) is 1. The highest BCUT2D eigenvalue weighted by Gasteiger charge is 2.11. The fourth-order valence-electron chi connectivity index (χ4n) is 1.70. The van der Waals surface area contributed by atoms with E-state index in [-0.39, 0.29) is 4.90 Å². The maximum absolute atomic E-state index is 12.0. The Kier molecular flexibility index (Phi) is 5.05. The number of halogens is 1. The Morgan fingerprint density at radius 3 is 2.45 bits per heavy atom. The molecule has 0 aliphatic heterocycles. The number of methoxy groups -OCH3 is 1. The third-order valence-corrected chi connectivity index (χ3v) is 4.43. The van der Waals surface area contributed by atoms with Gasteiger partial charge in [0.15, 0.2) is 0 Å². The van der Waals surface area contributed by atoms with Gasteiger partial charge in [-0.25, -0.2) is 4.83 Å². The average Bonchev–Trinajstić information content (AvgIpc) is 2.48. The van der Waals surface area contributed by atoms with Crippen molar-refractivity contribution in [1.29, 1.82) is 0 Å². The fraction of sp³-hybridized carbons (Fsp3) is 0.133. The van der Waals surface area contributed by atoms with Crippen LogP contribution in [0.5, 0.6) is 5.75 Å². The molecule has 116 valence electrons. The van der Waals surface area contributed by atoms with Gasteiger partial charge in [0.2, 0.25) is 0 Å². The standard InChI is InChI=1S/C15H15ClN2O3S/c1-11-3-6-13(7-4-11)22(19,20)18-17-10-12-5-8-15(21-2)14(16)9-12/h3-10,18H,1-2H3/b17-10+. The molecule has 0 heterocycles. The summed E-state index contributed by atoms with van der Waals surface area (Å²) in [5.74, 6) is 0.541. The van der Waals surface area contributed by atoms with Crippen molar-refractivity contribution in [3.63, 3.8) is 0 Å². The molecule has 0 unspecified atom stereocenters. The molecule has 2 aromatic carbocycles. The van der Waals surface area contributed by atoms with E-state index >= 15 is 0 Å². The number of nitrogens with zero attached hydrogens (tertiary/aromatic N) is 1. The van der Waals surface area contributed by atoms with E-state index in [1.54, 1.807) is 30.3 Å². The molecule has 0 saturated heterocycles. The number of ether oxygens (including phenoxy) is 1. The lowest BCUT2D eigenvalue weighted by molar-refractivity contribution is 0.415. The molecule has 0 fully saturated rings. The summed E-state index contributed by atoms with van der Waals surface area (Å²) in [5.41, 5.74) is 1.63. The van der Waals surface area contributed by atoms with E-state index in [0.29, 0.717) is 16.3 Å². The van der Waals surface area contributed by atoms with Crippen LogP contribution >= 0.6 is 11.6 Å². The highest BCUT2D eigenvalue weighted by Crippen LogP contribution is 2.24. The van der Waals surface area contributed by atoms with Crippen LogP contribution in [0.25, 0.3) is 0 Å². The molecule has 0 radical (unpaired) electrons. The Hall–Kier alpha value is -2.05. The first-order valence-corrected chi connectivity index (χ1v) is 8.23. The molecule has 0 aromatic heterocycles. The molecular weight excluding hydrogens is 324 g/mol. The van der Waals surface area contributed by atoms with E-state index in [9.17, 15) is 8.42 Å². The number of sulfonamides is 1. The van der Waals surface area contributed by atoms with Crippen LogP contribution in [-0.4, -0.2) is 21.7 Å². The minimum Gasteiger partial charge on any atom is -0.495 e. The molecule has 2 rings (SSSR count).